The molecule has 1 unspecified atom stereocenters. The fourth-order valence-electron chi connectivity index (χ4n) is 1.76. The van der Waals surface area contributed by atoms with E-state index in [1.54, 1.807) is 0 Å². The first-order valence-corrected chi connectivity index (χ1v) is 6.74. The molecule has 19 heavy (non-hydrogen) atoms. The third-order valence-corrected chi connectivity index (χ3v) is 3.42. The predicted molar refractivity (Wildman–Crippen MR) is 72.2 cm³/mol. The molecule has 0 aliphatic heterocycles. The normalized spacial score (nSPS) is 13.9. The van der Waals surface area contributed by atoms with Crippen LogP contribution in [-0.2, 0) is 11.2 Å². The number of hydrogen-bond donors (Lipinski definition) is 1. The van der Waals surface area contributed by atoms with E-state index < -0.39 is 17.2 Å². The van der Waals surface area contributed by atoms with Crippen molar-refractivity contribution in [1.29, 1.82) is 0 Å². The van der Waals surface area contributed by atoms with E-state index >= 15 is 0 Å². The number of carbonyl (C=O) groups is 1. The lowest BCUT2D eigenvalue weighted by atomic mass is 9.95. The van der Waals surface area contributed by atoms with Crippen molar-refractivity contribution in [1.82, 2.24) is 5.32 Å². The Morgan fingerprint density at radius 1 is 1.42 bits per heavy atom. The molecule has 0 bridgehead atoms. The Hall–Kier alpha value is -1.16. The minimum absolute atomic E-state index is 0.107. The van der Waals surface area contributed by atoms with Crippen LogP contribution < -0.4 is 5.32 Å². The Morgan fingerprint density at radius 2 is 2.11 bits per heavy atom. The summed E-state index contributed by atoms with van der Waals surface area (Å²) in [5.74, 6) is -1.21. The largest absolute Gasteiger partial charge is 0.351 e. The summed E-state index contributed by atoms with van der Waals surface area (Å²) >= 11 is 5.70. The molecule has 1 amide bonds. The van der Waals surface area contributed by atoms with E-state index in [4.69, 9.17) is 11.6 Å². The van der Waals surface area contributed by atoms with Gasteiger partial charge < -0.3 is 5.32 Å². The molecule has 5 heteroatoms. The maximum absolute atomic E-state index is 13.4. The van der Waals surface area contributed by atoms with Gasteiger partial charge in [-0.05, 0) is 31.4 Å². The minimum atomic E-state index is -0.703. The maximum Gasteiger partial charge on any atom is 0.224 e. The lowest BCUT2D eigenvalue weighted by molar-refractivity contribution is -0.122. The van der Waals surface area contributed by atoms with Crippen LogP contribution in [0.25, 0.3) is 0 Å². The highest BCUT2D eigenvalue weighted by atomic mass is 35.5. The van der Waals surface area contributed by atoms with Gasteiger partial charge in [-0.25, -0.2) is 8.78 Å². The van der Waals surface area contributed by atoms with Gasteiger partial charge in [0.15, 0.2) is 0 Å². The molecule has 0 aliphatic rings. The van der Waals surface area contributed by atoms with Gasteiger partial charge in [0.1, 0.15) is 11.6 Å². The average Bonchev–Trinajstić information content (AvgIpc) is 2.33. The van der Waals surface area contributed by atoms with Crippen molar-refractivity contribution in [2.75, 3.05) is 5.88 Å². The second kappa shape index (κ2) is 6.85. The highest BCUT2D eigenvalue weighted by molar-refractivity contribution is 6.17. The van der Waals surface area contributed by atoms with Gasteiger partial charge in [0, 0.05) is 17.5 Å². The predicted octanol–water partition coefficient (Wildman–Crippen LogP) is 3.42. The lowest BCUT2D eigenvalue weighted by Gasteiger charge is -2.29. The molecule has 1 rings (SSSR count). The number of amides is 1. The topological polar surface area (TPSA) is 29.1 Å². The van der Waals surface area contributed by atoms with Crippen LogP contribution in [0.15, 0.2) is 18.2 Å². The summed E-state index contributed by atoms with van der Waals surface area (Å²) in [5, 5.41) is 2.85. The van der Waals surface area contributed by atoms with E-state index in [0.29, 0.717) is 12.3 Å². The first-order valence-electron chi connectivity index (χ1n) is 6.21. The molecule has 0 radical (unpaired) electrons. The number of carbonyl (C=O) groups excluding carboxylic acids is 1. The van der Waals surface area contributed by atoms with Gasteiger partial charge in [0.05, 0.1) is 6.42 Å². The molecule has 0 heterocycles. The highest BCUT2D eigenvalue weighted by Crippen LogP contribution is 2.16. The lowest BCUT2D eigenvalue weighted by Crippen LogP contribution is -2.46. The Kier molecular flexibility index (Phi) is 5.73. The zero-order valence-electron chi connectivity index (χ0n) is 11.1. The Labute approximate surface area is 117 Å². The van der Waals surface area contributed by atoms with Crippen LogP contribution in [0.1, 0.15) is 32.3 Å². The van der Waals surface area contributed by atoms with E-state index in [2.05, 4.69) is 5.32 Å². The molecule has 0 aliphatic carbocycles. The summed E-state index contributed by atoms with van der Waals surface area (Å²) in [4.78, 5) is 11.9. The summed E-state index contributed by atoms with van der Waals surface area (Å²) in [6.07, 6.45) is 1.27. The molecule has 1 aromatic rings. The average molecular weight is 290 g/mol. The third-order valence-electron chi connectivity index (χ3n) is 3.23. The molecule has 1 atom stereocenters. The summed E-state index contributed by atoms with van der Waals surface area (Å²) in [5.41, 5.74) is -0.210. The smallest absolute Gasteiger partial charge is 0.224 e. The van der Waals surface area contributed by atoms with Gasteiger partial charge in [-0.3, -0.25) is 4.79 Å². The number of hydrogen-bond acceptors (Lipinski definition) is 1. The Morgan fingerprint density at radius 3 is 2.63 bits per heavy atom. The van der Waals surface area contributed by atoms with E-state index in [9.17, 15) is 13.6 Å². The number of alkyl halides is 1. The molecule has 1 N–H and O–H groups in total. The molecule has 0 aromatic heterocycles. The van der Waals surface area contributed by atoms with Gasteiger partial charge in [0.25, 0.3) is 0 Å². The quantitative estimate of drug-likeness (QED) is 0.799. The first-order chi connectivity index (χ1) is 8.90. The summed E-state index contributed by atoms with van der Waals surface area (Å²) in [6, 6.07) is 3.21. The van der Waals surface area contributed by atoms with Crippen LogP contribution in [0.4, 0.5) is 8.78 Å². The van der Waals surface area contributed by atoms with E-state index in [1.807, 2.05) is 13.8 Å². The molecular weight excluding hydrogens is 272 g/mol. The highest BCUT2D eigenvalue weighted by Gasteiger charge is 2.23. The van der Waals surface area contributed by atoms with Crippen LogP contribution in [-0.4, -0.2) is 17.3 Å². The van der Waals surface area contributed by atoms with Crippen molar-refractivity contribution < 1.29 is 13.6 Å². The van der Waals surface area contributed by atoms with Crippen LogP contribution in [0, 0.1) is 11.6 Å². The third kappa shape index (κ3) is 4.78. The van der Waals surface area contributed by atoms with Crippen molar-refractivity contribution in [2.45, 2.75) is 38.6 Å². The Balaban J connectivity index is 2.69. The summed E-state index contributed by atoms with van der Waals surface area (Å²) in [7, 11) is 0. The summed E-state index contributed by atoms with van der Waals surface area (Å²) in [6.45, 7) is 3.85. The van der Waals surface area contributed by atoms with Crippen LogP contribution in [0.3, 0.4) is 0 Å². The monoisotopic (exact) mass is 289 g/mol. The van der Waals surface area contributed by atoms with Crippen LogP contribution in [0.5, 0.6) is 0 Å². The van der Waals surface area contributed by atoms with Crippen molar-refractivity contribution in [2.24, 2.45) is 0 Å². The summed E-state index contributed by atoms with van der Waals surface area (Å²) < 4.78 is 26.2. The number of benzene rings is 1. The zero-order chi connectivity index (χ0) is 14.5. The van der Waals surface area contributed by atoms with Crippen LogP contribution >= 0.6 is 11.6 Å². The standard InChI is InChI=1S/C14H18ClF2NO/c1-3-14(2,6-7-15)18-13(19)8-10-4-5-11(16)9-12(10)17/h4-5,9H,3,6-8H2,1-2H3,(H,18,19). The van der Waals surface area contributed by atoms with Gasteiger partial charge in [0.2, 0.25) is 5.91 Å². The number of halogens is 3. The molecule has 1 aromatic carbocycles. The van der Waals surface area contributed by atoms with Crippen molar-refractivity contribution in [3.8, 4) is 0 Å². The molecule has 0 fully saturated rings. The van der Waals surface area contributed by atoms with E-state index in [-0.39, 0.29) is 17.9 Å². The van der Waals surface area contributed by atoms with Crippen molar-refractivity contribution in [3.05, 3.63) is 35.4 Å². The molecule has 2 nitrogen and oxygen atoms in total. The fraction of sp³-hybridized carbons (Fsp3) is 0.500. The maximum atomic E-state index is 13.4. The van der Waals surface area contributed by atoms with Gasteiger partial charge in [-0.2, -0.15) is 0 Å². The zero-order valence-corrected chi connectivity index (χ0v) is 11.9. The van der Waals surface area contributed by atoms with Gasteiger partial charge in [-0.1, -0.05) is 13.0 Å². The number of nitrogens with one attached hydrogen (secondary N) is 1. The second-order valence-corrected chi connectivity index (χ2v) is 5.19. The fourth-order valence-corrected chi connectivity index (χ4v) is 2.17. The van der Waals surface area contributed by atoms with Gasteiger partial charge >= 0.3 is 0 Å². The van der Waals surface area contributed by atoms with E-state index in [1.165, 1.54) is 6.07 Å². The Bertz CT molecular complexity index is 453. The molecule has 0 saturated heterocycles. The van der Waals surface area contributed by atoms with Crippen LogP contribution in [0.2, 0.25) is 0 Å². The molecule has 0 spiro atoms. The molecule has 0 saturated carbocycles. The number of rotatable bonds is 6. The van der Waals surface area contributed by atoms with E-state index in [0.717, 1.165) is 18.6 Å². The SMILES string of the molecule is CCC(C)(CCCl)NC(=O)Cc1ccc(F)cc1F. The minimum Gasteiger partial charge on any atom is -0.351 e. The second-order valence-electron chi connectivity index (χ2n) is 4.81. The van der Waals surface area contributed by atoms with Gasteiger partial charge in [-0.15, -0.1) is 11.6 Å². The van der Waals surface area contributed by atoms with Crippen molar-refractivity contribution in [3.63, 3.8) is 0 Å². The molecular formula is C14H18ClF2NO. The first kappa shape index (κ1) is 15.9. The van der Waals surface area contributed by atoms with Crippen molar-refractivity contribution >= 4 is 17.5 Å². The molecule has 106 valence electrons.